The molecule has 0 aliphatic heterocycles. The summed E-state index contributed by atoms with van der Waals surface area (Å²) in [7, 11) is 1.08. The van der Waals surface area contributed by atoms with E-state index >= 15 is 0 Å². The lowest BCUT2D eigenvalue weighted by Gasteiger charge is -2.22. The van der Waals surface area contributed by atoms with Crippen LogP contribution in [0.4, 0.5) is 5.69 Å². The minimum Gasteiger partial charge on any atom is -0.480 e. The number of nitro groups is 1. The van der Waals surface area contributed by atoms with E-state index < -0.39 is 22.3 Å². The fourth-order valence-electron chi connectivity index (χ4n) is 2.02. The van der Waals surface area contributed by atoms with Crippen LogP contribution in [0.3, 0.4) is 0 Å². The predicted octanol–water partition coefficient (Wildman–Crippen LogP) is 1.41. The number of ether oxygens (including phenoxy) is 1. The zero-order valence-corrected chi connectivity index (χ0v) is 12.2. The van der Waals surface area contributed by atoms with E-state index in [9.17, 15) is 24.8 Å². The number of aliphatic carboxylic acids is 1. The molecule has 0 radical (unpaired) electrons. The van der Waals surface area contributed by atoms with Gasteiger partial charge in [-0.3, -0.25) is 24.7 Å². The number of methoxy groups -OCH3 is 1. The highest BCUT2D eigenvalue weighted by Crippen LogP contribution is 2.30. The second kappa shape index (κ2) is 5.86. The van der Waals surface area contributed by atoms with Crippen LogP contribution in [-0.2, 0) is 20.7 Å². The van der Waals surface area contributed by atoms with Gasteiger partial charge in [-0.1, -0.05) is 0 Å². The summed E-state index contributed by atoms with van der Waals surface area (Å²) in [5, 5.41) is 20.3. The van der Waals surface area contributed by atoms with Crippen LogP contribution in [0.25, 0.3) is 0 Å². The number of carboxylic acid groups (broad SMARTS) is 1. The van der Waals surface area contributed by atoms with Crippen molar-refractivity contribution in [3.8, 4) is 0 Å². The Morgan fingerprint density at radius 2 is 2.05 bits per heavy atom. The third kappa shape index (κ3) is 2.99. The molecule has 8 heteroatoms. The Bertz CT molecular complexity index is 613. The summed E-state index contributed by atoms with van der Waals surface area (Å²) in [6, 6.07) is 0. The molecule has 0 amide bonds. The minimum atomic E-state index is -1.85. The fraction of sp³-hybridized carbons (Fsp3) is 0.462. The summed E-state index contributed by atoms with van der Waals surface area (Å²) in [6.45, 7) is 4.22. The number of pyridine rings is 1. The maximum atomic E-state index is 11.7. The Morgan fingerprint density at radius 1 is 1.48 bits per heavy atom. The Hall–Kier alpha value is -2.51. The molecule has 0 saturated heterocycles. The number of hydrogen-bond acceptors (Lipinski definition) is 6. The van der Waals surface area contributed by atoms with Gasteiger partial charge in [-0.05, 0) is 20.8 Å². The third-order valence-corrected chi connectivity index (χ3v) is 3.39. The standard InChI is InChI=1S/C13H16N2O6/c1-7-6-14-9(8(2)10(7)15(19)20)5-13(3,11(16)17)12(18)21-4/h6H,5H2,1-4H3,(H,16,17). The normalized spacial score (nSPS) is 13.3. The van der Waals surface area contributed by atoms with Gasteiger partial charge in [0.05, 0.1) is 17.7 Å². The highest BCUT2D eigenvalue weighted by molar-refractivity contribution is 5.98. The van der Waals surface area contributed by atoms with Crippen molar-refractivity contribution >= 4 is 17.6 Å². The number of rotatable bonds is 5. The molecule has 1 aromatic rings. The van der Waals surface area contributed by atoms with E-state index in [4.69, 9.17) is 0 Å². The van der Waals surface area contributed by atoms with Gasteiger partial charge in [0, 0.05) is 23.7 Å². The average Bonchev–Trinajstić information content (AvgIpc) is 2.40. The summed E-state index contributed by atoms with van der Waals surface area (Å²) in [5.41, 5.74) is -1.18. The number of carbonyl (C=O) groups is 2. The second-order valence-electron chi connectivity index (χ2n) is 4.92. The van der Waals surface area contributed by atoms with Crippen molar-refractivity contribution in [2.75, 3.05) is 7.11 Å². The predicted molar refractivity (Wildman–Crippen MR) is 71.8 cm³/mol. The van der Waals surface area contributed by atoms with Crippen molar-refractivity contribution in [2.24, 2.45) is 5.41 Å². The minimum absolute atomic E-state index is 0.127. The first-order valence-corrected chi connectivity index (χ1v) is 6.06. The molecule has 0 spiro atoms. The molecule has 114 valence electrons. The van der Waals surface area contributed by atoms with Crippen molar-refractivity contribution in [1.82, 2.24) is 4.98 Å². The van der Waals surface area contributed by atoms with Crippen molar-refractivity contribution in [2.45, 2.75) is 27.2 Å². The summed E-state index contributed by atoms with van der Waals surface area (Å²) in [5.74, 6) is -2.31. The molecule has 0 bridgehead atoms. The van der Waals surface area contributed by atoms with E-state index in [0.29, 0.717) is 5.56 Å². The molecule has 0 fully saturated rings. The van der Waals surface area contributed by atoms with Gasteiger partial charge in [0.15, 0.2) is 5.41 Å². The number of esters is 1. The van der Waals surface area contributed by atoms with E-state index in [1.807, 2.05) is 0 Å². The second-order valence-corrected chi connectivity index (χ2v) is 4.92. The molecule has 0 aliphatic carbocycles. The molecule has 1 atom stereocenters. The summed E-state index contributed by atoms with van der Waals surface area (Å²) < 4.78 is 4.51. The monoisotopic (exact) mass is 296 g/mol. The van der Waals surface area contributed by atoms with E-state index in [-0.39, 0.29) is 23.4 Å². The first kappa shape index (κ1) is 16.5. The molecule has 0 aromatic carbocycles. The number of nitrogens with zero attached hydrogens (tertiary/aromatic N) is 2. The molecular formula is C13H16N2O6. The Balaban J connectivity index is 3.36. The Morgan fingerprint density at radius 3 is 2.48 bits per heavy atom. The first-order valence-electron chi connectivity index (χ1n) is 6.06. The van der Waals surface area contributed by atoms with Crippen molar-refractivity contribution in [1.29, 1.82) is 0 Å². The van der Waals surface area contributed by atoms with Gasteiger partial charge in [-0.2, -0.15) is 0 Å². The molecule has 0 saturated carbocycles. The van der Waals surface area contributed by atoms with Gasteiger partial charge in [0.2, 0.25) is 0 Å². The van der Waals surface area contributed by atoms with Crippen LogP contribution >= 0.6 is 0 Å². The smallest absolute Gasteiger partial charge is 0.323 e. The first-order chi connectivity index (χ1) is 9.65. The number of hydrogen-bond donors (Lipinski definition) is 1. The van der Waals surface area contributed by atoms with Crippen LogP contribution in [0.5, 0.6) is 0 Å². The van der Waals surface area contributed by atoms with Crippen LogP contribution in [-0.4, -0.2) is 34.1 Å². The van der Waals surface area contributed by atoms with E-state index in [0.717, 1.165) is 7.11 Å². The number of carboxylic acids is 1. The number of aryl methyl sites for hydroxylation is 1. The summed E-state index contributed by atoms with van der Waals surface area (Å²) in [6.07, 6.45) is 1.00. The fourth-order valence-corrected chi connectivity index (χ4v) is 2.02. The zero-order valence-electron chi connectivity index (χ0n) is 12.2. The molecule has 1 N–H and O–H groups in total. The lowest BCUT2D eigenvalue weighted by atomic mass is 9.84. The Labute approximate surface area is 120 Å². The largest absolute Gasteiger partial charge is 0.480 e. The maximum absolute atomic E-state index is 11.7. The van der Waals surface area contributed by atoms with E-state index in [1.165, 1.54) is 20.0 Å². The van der Waals surface area contributed by atoms with Crippen molar-refractivity contribution < 1.29 is 24.4 Å². The van der Waals surface area contributed by atoms with Crippen LogP contribution in [0.2, 0.25) is 0 Å². The van der Waals surface area contributed by atoms with Crippen LogP contribution in [0.15, 0.2) is 6.20 Å². The summed E-state index contributed by atoms with van der Waals surface area (Å²) >= 11 is 0. The lowest BCUT2D eigenvalue weighted by Crippen LogP contribution is -2.39. The van der Waals surface area contributed by atoms with Gasteiger partial charge in [0.1, 0.15) is 0 Å². The topological polar surface area (TPSA) is 120 Å². The van der Waals surface area contributed by atoms with Gasteiger partial charge >= 0.3 is 11.9 Å². The molecule has 8 nitrogen and oxygen atoms in total. The summed E-state index contributed by atoms with van der Waals surface area (Å²) in [4.78, 5) is 37.6. The van der Waals surface area contributed by atoms with Gasteiger partial charge in [-0.15, -0.1) is 0 Å². The number of carbonyl (C=O) groups excluding carboxylic acids is 1. The molecule has 1 aromatic heterocycles. The highest BCUT2D eigenvalue weighted by Gasteiger charge is 2.44. The van der Waals surface area contributed by atoms with Crippen LogP contribution in [0, 0.1) is 29.4 Å². The SMILES string of the molecule is COC(=O)C(C)(Cc1ncc(C)c([N+](=O)[O-])c1C)C(=O)O. The van der Waals surface area contributed by atoms with E-state index in [1.54, 1.807) is 6.92 Å². The van der Waals surface area contributed by atoms with Crippen molar-refractivity contribution in [3.63, 3.8) is 0 Å². The third-order valence-electron chi connectivity index (χ3n) is 3.39. The molecule has 1 heterocycles. The zero-order chi connectivity index (χ0) is 16.4. The van der Waals surface area contributed by atoms with Gasteiger partial charge < -0.3 is 9.84 Å². The molecule has 1 unspecified atom stereocenters. The maximum Gasteiger partial charge on any atom is 0.323 e. The molecular weight excluding hydrogens is 280 g/mol. The molecule has 0 aliphatic rings. The van der Waals surface area contributed by atoms with Crippen LogP contribution < -0.4 is 0 Å². The quantitative estimate of drug-likeness (QED) is 0.377. The molecule has 1 rings (SSSR count). The van der Waals surface area contributed by atoms with Gasteiger partial charge in [0.25, 0.3) is 5.69 Å². The average molecular weight is 296 g/mol. The van der Waals surface area contributed by atoms with E-state index in [2.05, 4.69) is 9.72 Å². The lowest BCUT2D eigenvalue weighted by molar-refractivity contribution is -0.386. The number of aromatic nitrogens is 1. The molecule has 21 heavy (non-hydrogen) atoms. The van der Waals surface area contributed by atoms with Gasteiger partial charge in [-0.25, -0.2) is 0 Å². The highest BCUT2D eigenvalue weighted by atomic mass is 16.6. The van der Waals surface area contributed by atoms with Crippen molar-refractivity contribution in [3.05, 3.63) is 33.1 Å². The Kier molecular flexibility index (Phi) is 4.62. The van der Waals surface area contributed by atoms with Crippen LogP contribution in [0.1, 0.15) is 23.7 Å².